The zero-order valence-electron chi connectivity index (χ0n) is 15.4. The Morgan fingerprint density at radius 1 is 1.15 bits per heavy atom. The summed E-state index contributed by atoms with van der Waals surface area (Å²) in [5.74, 6) is -0.452. The number of carbonyl (C=O) groups excluding carboxylic acids is 2. The van der Waals surface area contributed by atoms with Crippen LogP contribution in [-0.4, -0.2) is 34.8 Å². The summed E-state index contributed by atoms with van der Waals surface area (Å²) in [4.78, 5) is 31.2. The van der Waals surface area contributed by atoms with E-state index in [2.05, 4.69) is 10.3 Å². The van der Waals surface area contributed by atoms with Crippen LogP contribution in [0.3, 0.4) is 0 Å². The van der Waals surface area contributed by atoms with Crippen LogP contribution in [0.1, 0.15) is 53.1 Å². The quantitative estimate of drug-likeness (QED) is 0.773. The van der Waals surface area contributed by atoms with Crippen molar-refractivity contribution in [3.63, 3.8) is 0 Å². The SMILES string of the molecule is CCCN(CCC)C(=O)c1cc(C(=O)Nc2cccc(Cl)c2C)ccn1. The van der Waals surface area contributed by atoms with Crippen molar-refractivity contribution in [1.82, 2.24) is 9.88 Å². The molecule has 2 amide bonds. The minimum Gasteiger partial charge on any atom is -0.337 e. The Kier molecular flexibility index (Phi) is 7.16. The molecule has 2 rings (SSSR count). The first kappa shape index (κ1) is 19.9. The predicted octanol–water partition coefficient (Wildman–Crippen LogP) is 4.56. The minimum absolute atomic E-state index is 0.151. The molecule has 1 aromatic heterocycles. The molecule has 5 nitrogen and oxygen atoms in total. The van der Waals surface area contributed by atoms with Crippen molar-refractivity contribution in [2.45, 2.75) is 33.6 Å². The maximum absolute atomic E-state index is 12.7. The Bertz CT molecular complexity index is 786. The van der Waals surface area contributed by atoms with Crippen LogP contribution in [-0.2, 0) is 0 Å². The van der Waals surface area contributed by atoms with E-state index in [-0.39, 0.29) is 17.5 Å². The average molecular weight is 374 g/mol. The molecule has 1 heterocycles. The highest BCUT2D eigenvalue weighted by molar-refractivity contribution is 6.31. The minimum atomic E-state index is -0.302. The highest BCUT2D eigenvalue weighted by Gasteiger charge is 2.18. The molecule has 0 aliphatic carbocycles. The lowest BCUT2D eigenvalue weighted by Gasteiger charge is -2.21. The summed E-state index contributed by atoms with van der Waals surface area (Å²) in [6.07, 6.45) is 3.24. The maximum atomic E-state index is 12.7. The van der Waals surface area contributed by atoms with Gasteiger partial charge >= 0.3 is 0 Å². The van der Waals surface area contributed by atoms with E-state index in [1.165, 1.54) is 12.3 Å². The van der Waals surface area contributed by atoms with Gasteiger partial charge in [0.25, 0.3) is 11.8 Å². The largest absolute Gasteiger partial charge is 0.337 e. The lowest BCUT2D eigenvalue weighted by molar-refractivity contribution is 0.0749. The van der Waals surface area contributed by atoms with Crippen LogP contribution in [0.2, 0.25) is 5.02 Å². The summed E-state index contributed by atoms with van der Waals surface area (Å²) in [7, 11) is 0. The Hall–Kier alpha value is -2.40. The summed E-state index contributed by atoms with van der Waals surface area (Å²) in [5, 5.41) is 3.42. The normalized spacial score (nSPS) is 10.5. The number of nitrogens with zero attached hydrogens (tertiary/aromatic N) is 2. The Labute approximate surface area is 159 Å². The lowest BCUT2D eigenvalue weighted by atomic mass is 10.1. The van der Waals surface area contributed by atoms with Gasteiger partial charge in [-0.1, -0.05) is 31.5 Å². The van der Waals surface area contributed by atoms with Crippen LogP contribution in [0, 0.1) is 6.92 Å². The molecule has 2 aromatic rings. The summed E-state index contributed by atoms with van der Waals surface area (Å²) in [5.41, 5.74) is 2.11. The van der Waals surface area contributed by atoms with Crippen molar-refractivity contribution in [2.24, 2.45) is 0 Å². The third kappa shape index (κ3) is 4.82. The van der Waals surface area contributed by atoms with Crippen LogP contribution in [0.25, 0.3) is 0 Å². The standard InChI is InChI=1S/C20H24ClN3O2/c1-4-11-24(12-5-2)20(26)18-13-15(9-10-22-18)19(25)23-17-8-6-7-16(21)14(17)3/h6-10,13H,4-5,11-12H2,1-3H3,(H,23,25). The Balaban J connectivity index is 2.21. The summed E-state index contributed by atoms with van der Waals surface area (Å²) in [6, 6.07) is 8.47. The molecule has 0 fully saturated rings. The van der Waals surface area contributed by atoms with Gasteiger partial charge in [0.15, 0.2) is 0 Å². The Morgan fingerprint density at radius 2 is 1.85 bits per heavy atom. The topological polar surface area (TPSA) is 62.3 Å². The highest BCUT2D eigenvalue weighted by Crippen LogP contribution is 2.23. The van der Waals surface area contributed by atoms with Gasteiger partial charge in [0.2, 0.25) is 0 Å². The first-order valence-electron chi connectivity index (χ1n) is 8.79. The second-order valence-electron chi connectivity index (χ2n) is 6.09. The van der Waals surface area contributed by atoms with E-state index >= 15 is 0 Å². The molecule has 1 aromatic carbocycles. The molecule has 26 heavy (non-hydrogen) atoms. The van der Waals surface area contributed by atoms with E-state index in [0.29, 0.717) is 29.4 Å². The van der Waals surface area contributed by atoms with Crippen LogP contribution < -0.4 is 5.32 Å². The summed E-state index contributed by atoms with van der Waals surface area (Å²) in [6.45, 7) is 7.24. The van der Waals surface area contributed by atoms with E-state index in [0.717, 1.165) is 18.4 Å². The molecule has 0 bridgehead atoms. The number of anilines is 1. The van der Waals surface area contributed by atoms with Crippen LogP contribution in [0.4, 0.5) is 5.69 Å². The lowest BCUT2D eigenvalue weighted by Crippen LogP contribution is -2.33. The van der Waals surface area contributed by atoms with E-state index in [1.807, 2.05) is 20.8 Å². The second kappa shape index (κ2) is 9.34. The van der Waals surface area contributed by atoms with E-state index in [1.54, 1.807) is 29.2 Å². The Morgan fingerprint density at radius 3 is 2.50 bits per heavy atom. The van der Waals surface area contributed by atoms with Crippen LogP contribution >= 0.6 is 11.6 Å². The molecule has 138 valence electrons. The zero-order valence-corrected chi connectivity index (χ0v) is 16.1. The van der Waals surface area contributed by atoms with Crippen molar-refractivity contribution in [2.75, 3.05) is 18.4 Å². The number of carbonyl (C=O) groups is 2. The predicted molar refractivity (Wildman–Crippen MR) is 105 cm³/mol. The number of amides is 2. The average Bonchev–Trinajstić information content (AvgIpc) is 2.65. The molecule has 0 spiro atoms. The van der Waals surface area contributed by atoms with Gasteiger partial charge < -0.3 is 10.2 Å². The number of aromatic nitrogens is 1. The monoisotopic (exact) mass is 373 g/mol. The van der Waals surface area contributed by atoms with Crippen molar-refractivity contribution in [3.8, 4) is 0 Å². The van der Waals surface area contributed by atoms with Crippen molar-refractivity contribution < 1.29 is 9.59 Å². The van der Waals surface area contributed by atoms with Gasteiger partial charge in [0, 0.05) is 35.6 Å². The summed E-state index contributed by atoms with van der Waals surface area (Å²) >= 11 is 6.09. The zero-order chi connectivity index (χ0) is 19.1. The van der Waals surface area contributed by atoms with Crippen LogP contribution in [0.15, 0.2) is 36.5 Å². The number of rotatable bonds is 7. The summed E-state index contributed by atoms with van der Waals surface area (Å²) < 4.78 is 0. The third-order valence-corrected chi connectivity index (χ3v) is 4.44. The molecule has 6 heteroatoms. The van der Waals surface area contributed by atoms with Crippen molar-refractivity contribution in [1.29, 1.82) is 0 Å². The van der Waals surface area contributed by atoms with E-state index < -0.39 is 0 Å². The van der Waals surface area contributed by atoms with Gasteiger partial charge in [-0.2, -0.15) is 0 Å². The molecule has 0 atom stereocenters. The second-order valence-corrected chi connectivity index (χ2v) is 6.50. The number of halogens is 1. The smallest absolute Gasteiger partial charge is 0.272 e. The van der Waals surface area contributed by atoms with E-state index in [9.17, 15) is 9.59 Å². The number of benzene rings is 1. The van der Waals surface area contributed by atoms with Gasteiger partial charge in [-0.05, 0) is 49.6 Å². The van der Waals surface area contributed by atoms with Gasteiger partial charge in [0.1, 0.15) is 5.69 Å². The molecule has 0 saturated heterocycles. The molecule has 0 aliphatic rings. The highest BCUT2D eigenvalue weighted by atomic mass is 35.5. The third-order valence-electron chi connectivity index (χ3n) is 4.03. The molecule has 0 aliphatic heterocycles. The molecular weight excluding hydrogens is 350 g/mol. The van der Waals surface area contributed by atoms with Gasteiger partial charge in [-0.15, -0.1) is 0 Å². The fraction of sp³-hybridized carbons (Fsp3) is 0.350. The van der Waals surface area contributed by atoms with Gasteiger partial charge in [-0.25, -0.2) is 0 Å². The fourth-order valence-corrected chi connectivity index (χ4v) is 2.82. The first-order valence-corrected chi connectivity index (χ1v) is 9.17. The number of hydrogen-bond donors (Lipinski definition) is 1. The fourth-order valence-electron chi connectivity index (χ4n) is 2.64. The maximum Gasteiger partial charge on any atom is 0.272 e. The molecule has 1 N–H and O–H groups in total. The number of pyridine rings is 1. The first-order chi connectivity index (χ1) is 12.5. The molecule has 0 unspecified atom stereocenters. The van der Waals surface area contributed by atoms with Gasteiger partial charge in [0.05, 0.1) is 0 Å². The number of nitrogens with one attached hydrogen (secondary N) is 1. The van der Waals surface area contributed by atoms with Crippen molar-refractivity contribution in [3.05, 3.63) is 58.4 Å². The van der Waals surface area contributed by atoms with Crippen molar-refractivity contribution >= 4 is 29.1 Å². The van der Waals surface area contributed by atoms with Crippen LogP contribution in [0.5, 0.6) is 0 Å². The van der Waals surface area contributed by atoms with Gasteiger partial charge in [-0.3, -0.25) is 14.6 Å². The molecule has 0 radical (unpaired) electrons. The molecule has 0 saturated carbocycles. The molecular formula is C20H24ClN3O2. The number of hydrogen-bond acceptors (Lipinski definition) is 3. The van der Waals surface area contributed by atoms with E-state index in [4.69, 9.17) is 11.6 Å².